The Labute approximate surface area is 133 Å². The van der Waals surface area contributed by atoms with Gasteiger partial charge in [0.15, 0.2) is 0 Å². The van der Waals surface area contributed by atoms with Crippen LogP contribution in [-0.4, -0.2) is 41.3 Å². The highest BCUT2D eigenvalue weighted by Crippen LogP contribution is 2.48. The van der Waals surface area contributed by atoms with Crippen molar-refractivity contribution in [1.82, 2.24) is 10.6 Å². The molecule has 1 aromatic rings. The number of amides is 2. The van der Waals surface area contributed by atoms with Crippen molar-refractivity contribution >= 4 is 17.8 Å². The molecule has 120 valence electrons. The van der Waals surface area contributed by atoms with Gasteiger partial charge in [-0.05, 0) is 36.6 Å². The second kappa shape index (κ2) is 6.08. The molecule has 1 heterocycles. The topological polar surface area (TPSA) is 61.4 Å². The van der Waals surface area contributed by atoms with Gasteiger partial charge in [0.1, 0.15) is 5.82 Å². The molecule has 1 saturated heterocycles. The third-order valence-electron chi connectivity index (χ3n) is 4.55. The highest BCUT2D eigenvalue weighted by atomic mass is 32.2. The minimum absolute atomic E-state index is 0.209. The van der Waals surface area contributed by atoms with Gasteiger partial charge in [0.05, 0.1) is 5.60 Å². The zero-order valence-corrected chi connectivity index (χ0v) is 13.2. The first-order valence-corrected chi connectivity index (χ1v) is 8.75. The normalized spacial score (nSPS) is 25.7. The molecule has 1 aromatic carbocycles. The number of urea groups is 1. The fraction of sp³-hybridized carbons (Fsp3) is 0.562. The molecule has 3 rings (SSSR count). The lowest BCUT2D eigenvalue weighted by Crippen LogP contribution is -2.47. The summed E-state index contributed by atoms with van der Waals surface area (Å²) < 4.78 is 13.9. The Morgan fingerprint density at radius 1 is 1.23 bits per heavy atom. The van der Waals surface area contributed by atoms with Gasteiger partial charge in [0.25, 0.3) is 0 Å². The molecule has 0 bridgehead atoms. The van der Waals surface area contributed by atoms with Crippen molar-refractivity contribution in [3.8, 4) is 0 Å². The molecule has 2 amide bonds. The lowest BCUT2D eigenvalue weighted by atomic mass is 9.95. The molecule has 1 saturated carbocycles. The molecule has 0 radical (unpaired) electrons. The van der Waals surface area contributed by atoms with Crippen LogP contribution in [0.15, 0.2) is 24.3 Å². The summed E-state index contributed by atoms with van der Waals surface area (Å²) in [6, 6.07) is 6.46. The van der Waals surface area contributed by atoms with Gasteiger partial charge in [0, 0.05) is 24.3 Å². The van der Waals surface area contributed by atoms with Gasteiger partial charge in [-0.15, -0.1) is 0 Å². The van der Waals surface area contributed by atoms with Crippen LogP contribution in [0.1, 0.15) is 24.8 Å². The summed E-state index contributed by atoms with van der Waals surface area (Å²) in [5, 5.41) is 15.7. The smallest absolute Gasteiger partial charge is 0.314 e. The maximum Gasteiger partial charge on any atom is 0.314 e. The second-order valence-electron chi connectivity index (χ2n) is 6.32. The number of aliphatic hydroxyl groups is 1. The van der Waals surface area contributed by atoms with E-state index in [0.29, 0.717) is 24.3 Å². The maximum absolute atomic E-state index is 13.9. The summed E-state index contributed by atoms with van der Waals surface area (Å²) in [6.07, 6.45) is 2.47. The number of nitrogens with one attached hydrogen (secondary N) is 2. The van der Waals surface area contributed by atoms with E-state index >= 15 is 0 Å². The standard InChI is InChI=1S/C16H21FN2O2S/c17-13-4-2-1-3-12(13)15(5-6-15)9-18-14(20)19-10-16(21)7-8-22-11-16/h1-4,21H,5-11H2,(H2,18,19,20). The average molecular weight is 324 g/mol. The van der Waals surface area contributed by atoms with E-state index in [1.165, 1.54) is 6.07 Å². The number of benzene rings is 1. The molecule has 1 aliphatic heterocycles. The van der Waals surface area contributed by atoms with Gasteiger partial charge in [-0.2, -0.15) is 11.8 Å². The predicted molar refractivity (Wildman–Crippen MR) is 85.6 cm³/mol. The Morgan fingerprint density at radius 2 is 1.95 bits per heavy atom. The number of rotatable bonds is 5. The zero-order valence-electron chi connectivity index (χ0n) is 12.4. The number of hydrogen-bond acceptors (Lipinski definition) is 3. The first-order chi connectivity index (χ1) is 10.5. The van der Waals surface area contributed by atoms with Crippen LogP contribution in [-0.2, 0) is 5.41 Å². The summed E-state index contributed by atoms with van der Waals surface area (Å²) in [4.78, 5) is 11.9. The maximum atomic E-state index is 13.9. The Bertz CT molecular complexity index is 557. The largest absolute Gasteiger partial charge is 0.387 e. The number of halogens is 1. The van der Waals surface area contributed by atoms with Gasteiger partial charge in [0.2, 0.25) is 0 Å². The van der Waals surface area contributed by atoms with Crippen LogP contribution >= 0.6 is 11.8 Å². The van der Waals surface area contributed by atoms with E-state index in [2.05, 4.69) is 10.6 Å². The molecular formula is C16H21FN2O2S. The Hall–Kier alpha value is -1.27. The number of carbonyl (C=O) groups is 1. The summed E-state index contributed by atoms with van der Waals surface area (Å²) in [6.45, 7) is 0.686. The van der Waals surface area contributed by atoms with Crippen LogP contribution in [0.25, 0.3) is 0 Å². The van der Waals surface area contributed by atoms with Gasteiger partial charge >= 0.3 is 6.03 Å². The predicted octanol–water partition coefficient (Wildman–Crippen LogP) is 2.02. The highest BCUT2D eigenvalue weighted by Gasteiger charge is 2.46. The van der Waals surface area contributed by atoms with E-state index in [4.69, 9.17) is 0 Å². The fourth-order valence-corrected chi connectivity index (χ4v) is 4.17. The summed E-state index contributed by atoms with van der Waals surface area (Å²) in [5.74, 6) is 1.38. The fourth-order valence-electron chi connectivity index (χ4n) is 2.88. The van der Waals surface area contributed by atoms with E-state index in [9.17, 15) is 14.3 Å². The molecule has 0 spiro atoms. The van der Waals surface area contributed by atoms with Crippen molar-refractivity contribution in [3.05, 3.63) is 35.6 Å². The van der Waals surface area contributed by atoms with E-state index in [-0.39, 0.29) is 23.8 Å². The van der Waals surface area contributed by atoms with E-state index in [0.717, 1.165) is 18.6 Å². The lowest BCUT2D eigenvalue weighted by Gasteiger charge is -2.22. The monoisotopic (exact) mass is 324 g/mol. The summed E-state index contributed by atoms with van der Waals surface area (Å²) in [5.41, 5.74) is -0.366. The summed E-state index contributed by atoms with van der Waals surface area (Å²) in [7, 11) is 0. The molecule has 3 N–H and O–H groups in total. The number of hydrogen-bond donors (Lipinski definition) is 3. The molecular weight excluding hydrogens is 303 g/mol. The van der Waals surface area contributed by atoms with Crippen molar-refractivity contribution in [1.29, 1.82) is 0 Å². The minimum atomic E-state index is -0.787. The molecule has 22 heavy (non-hydrogen) atoms. The van der Waals surface area contributed by atoms with Crippen LogP contribution < -0.4 is 10.6 Å². The molecule has 6 heteroatoms. The van der Waals surface area contributed by atoms with Gasteiger partial charge < -0.3 is 15.7 Å². The number of carbonyl (C=O) groups excluding carboxylic acids is 1. The molecule has 2 aliphatic rings. The molecule has 1 atom stereocenters. The van der Waals surface area contributed by atoms with Gasteiger partial charge in [-0.3, -0.25) is 0 Å². The van der Waals surface area contributed by atoms with Crippen LogP contribution in [0.2, 0.25) is 0 Å². The molecule has 1 aliphatic carbocycles. The molecule has 1 unspecified atom stereocenters. The molecule has 2 fully saturated rings. The SMILES string of the molecule is O=C(NCC1(O)CCSC1)NCC1(c2ccccc2F)CC1. The highest BCUT2D eigenvalue weighted by molar-refractivity contribution is 7.99. The third kappa shape index (κ3) is 3.38. The Morgan fingerprint density at radius 3 is 2.59 bits per heavy atom. The summed E-state index contributed by atoms with van der Waals surface area (Å²) >= 11 is 1.70. The molecule has 4 nitrogen and oxygen atoms in total. The first kappa shape index (κ1) is 15.6. The van der Waals surface area contributed by atoms with Crippen molar-refractivity contribution in [3.63, 3.8) is 0 Å². The quantitative estimate of drug-likeness (QED) is 0.776. The van der Waals surface area contributed by atoms with Crippen LogP contribution in [0.5, 0.6) is 0 Å². The van der Waals surface area contributed by atoms with Gasteiger partial charge in [-0.1, -0.05) is 18.2 Å². The Kier molecular flexibility index (Phi) is 4.32. The average Bonchev–Trinajstić information content (AvgIpc) is 3.18. The van der Waals surface area contributed by atoms with Crippen molar-refractivity contribution in [2.24, 2.45) is 0 Å². The second-order valence-corrected chi connectivity index (χ2v) is 7.43. The van der Waals surface area contributed by atoms with E-state index in [1.54, 1.807) is 23.9 Å². The lowest BCUT2D eigenvalue weighted by molar-refractivity contribution is 0.0700. The van der Waals surface area contributed by atoms with Crippen LogP contribution in [0.4, 0.5) is 9.18 Å². The van der Waals surface area contributed by atoms with E-state index < -0.39 is 5.60 Å². The van der Waals surface area contributed by atoms with Crippen molar-refractivity contribution < 1.29 is 14.3 Å². The van der Waals surface area contributed by atoms with Crippen LogP contribution in [0.3, 0.4) is 0 Å². The zero-order chi connectivity index (χ0) is 15.6. The third-order valence-corrected chi connectivity index (χ3v) is 5.78. The molecule has 0 aromatic heterocycles. The van der Waals surface area contributed by atoms with Crippen molar-refractivity contribution in [2.45, 2.75) is 30.3 Å². The van der Waals surface area contributed by atoms with Crippen LogP contribution in [0, 0.1) is 5.82 Å². The van der Waals surface area contributed by atoms with Crippen molar-refractivity contribution in [2.75, 3.05) is 24.6 Å². The van der Waals surface area contributed by atoms with Gasteiger partial charge in [-0.25, -0.2) is 9.18 Å². The van der Waals surface area contributed by atoms with E-state index in [1.807, 2.05) is 6.07 Å². The first-order valence-electron chi connectivity index (χ1n) is 7.60. The minimum Gasteiger partial charge on any atom is -0.387 e. The number of thioether (sulfide) groups is 1. The Balaban J connectivity index is 1.50.